The Bertz CT molecular complexity index is 1500. The molecule has 6 rings (SSSR count). The molecule has 0 aliphatic heterocycles. The molecule has 0 amide bonds. The van der Waals surface area contributed by atoms with Crippen LogP contribution in [0, 0.1) is 6.92 Å². The van der Waals surface area contributed by atoms with Crippen LogP contribution in [0.25, 0.3) is 33.4 Å². The molecule has 1 aliphatic rings. The fourth-order valence-corrected chi connectivity index (χ4v) is 5.51. The highest BCUT2D eigenvalue weighted by Crippen LogP contribution is 2.52. The average Bonchev–Trinajstić information content (AvgIpc) is 3.13. The van der Waals surface area contributed by atoms with Crippen molar-refractivity contribution >= 4 is 13.3 Å². The van der Waals surface area contributed by atoms with Crippen LogP contribution < -0.4 is 5.46 Å². The number of hydrogen-bond acceptors (Lipinski definition) is 0. The van der Waals surface area contributed by atoms with Crippen LogP contribution >= 0.6 is 0 Å². The maximum Gasteiger partial charge on any atom is 0.139 e. The summed E-state index contributed by atoms with van der Waals surface area (Å²) >= 11 is 0. The van der Waals surface area contributed by atoms with E-state index in [-0.39, 0.29) is 5.41 Å². The lowest BCUT2D eigenvalue weighted by atomic mass is 9.72. The van der Waals surface area contributed by atoms with Crippen LogP contribution in [0.1, 0.15) is 29.2 Å². The highest BCUT2D eigenvalue weighted by molar-refractivity contribution is 6.32. The van der Waals surface area contributed by atoms with Gasteiger partial charge in [0.05, 0.1) is 0 Å². The second-order valence-electron chi connectivity index (χ2n) is 9.74. The predicted molar refractivity (Wildman–Crippen MR) is 148 cm³/mol. The molecule has 1 atom stereocenters. The maximum atomic E-state index is 2.42. The SMILES string of the molecule is Bc1ccc2c(c1)C(C)(c1ccc(C)cc1)c1cc(-c3ccc(-c4ccccc4)cc3)ccc1-2. The molecule has 1 heteroatoms. The monoisotopic (exact) mass is 434 g/mol. The number of hydrogen-bond donors (Lipinski definition) is 0. The molecule has 0 radical (unpaired) electrons. The van der Waals surface area contributed by atoms with Crippen LogP contribution in [0.3, 0.4) is 0 Å². The largest absolute Gasteiger partial charge is 0.139 e. The first-order valence-electron chi connectivity index (χ1n) is 12.0. The number of fused-ring (bicyclic) bond motifs is 3. The molecule has 5 aromatic rings. The highest BCUT2D eigenvalue weighted by atomic mass is 14.4. The van der Waals surface area contributed by atoms with Gasteiger partial charge in [0, 0.05) is 5.41 Å². The summed E-state index contributed by atoms with van der Waals surface area (Å²) in [5.74, 6) is 0. The Morgan fingerprint density at radius 1 is 0.529 bits per heavy atom. The first-order chi connectivity index (χ1) is 16.5. The average molecular weight is 434 g/mol. The van der Waals surface area contributed by atoms with Crippen molar-refractivity contribution < 1.29 is 0 Å². The van der Waals surface area contributed by atoms with Crippen molar-refractivity contribution in [2.75, 3.05) is 0 Å². The fraction of sp³-hybridized carbons (Fsp3) is 0.0909. The predicted octanol–water partition coefficient (Wildman–Crippen LogP) is 6.92. The van der Waals surface area contributed by atoms with Gasteiger partial charge in [-0.1, -0.05) is 120 Å². The van der Waals surface area contributed by atoms with Crippen LogP contribution in [0.2, 0.25) is 0 Å². The second kappa shape index (κ2) is 7.89. The smallest absolute Gasteiger partial charge is 0.0886 e. The highest BCUT2D eigenvalue weighted by Gasteiger charge is 2.40. The lowest BCUT2D eigenvalue weighted by molar-refractivity contribution is 0.714. The zero-order valence-corrected chi connectivity index (χ0v) is 20.0. The molecule has 0 aromatic heterocycles. The van der Waals surface area contributed by atoms with Crippen LogP contribution in [0.15, 0.2) is 115 Å². The number of rotatable bonds is 3. The van der Waals surface area contributed by atoms with Gasteiger partial charge in [-0.2, -0.15) is 0 Å². The van der Waals surface area contributed by atoms with Gasteiger partial charge in [0.25, 0.3) is 0 Å². The van der Waals surface area contributed by atoms with Crippen molar-refractivity contribution in [3.63, 3.8) is 0 Å². The zero-order chi connectivity index (χ0) is 23.3. The first-order valence-corrected chi connectivity index (χ1v) is 12.0. The van der Waals surface area contributed by atoms with Gasteiger partial charge in [0.1, 0.15) is 7.85 Å². The second-order valence-corrected chi connectivity index (χ2v) is 9.74. The van der Waals surface area contributed by atoms with Gasteiger partial charge in [-0.3, -0.25) is 0 Å². The third-order valence-electron chi connectivity index (χ3n) is 7.52. The maximum absolute atomic E-state index is 2.42. The van der Waals surface area contributed by atoms with Crippen LogP contribution in [-0.2, 0) is 5.41 Å². The summed E-state index contributed by atoms with van der Waals surface area (Å²) in [6, 6.07) is 42.6. The quantitative estimate of drug-likeness (QED) is 0.270. The molecule has 0 saturated heterocycles. The zero-order valence-electron chi connectivity index (χ0n) is 20.0. The van der Waals surface area contributed by atoms with Gasteiger partial charge >= 0.3 is 0 Å². The summed E-state index contributed by atoms with van der Waals surface area (Å²) in [6.45, 7) is 4.55. The van der Waals surface area contributed by atoms with Gasteiger partial charge in [-0.25, -0.2) is 0 Å². The Balaban J connectivity index is 1.49. The van der Waals surface area contributed by atoms with Crippen molar-refractivity contribution in [3.8, 4) is 33.4 Å². The van der Waals surface area contributed by atoms with E-state index < -0.39 is 0 Å². The van der Waals surface area contributed by atoms with Gasteiger partial charge in [0.2, 0.25) is 0 Å². The molecule has 0 bridgehead atoms. The summed E-state index contributed by atoms with van der Waals surface area (Å²) < 4.78 is 0. The van der Waals surface area contributed by atoms with Crippen molar-refractivity contribution in [1.82, 2.24) is 0 Å². The molecule has 5 aromatic carbocycles. The molecule has 1 aliphatic carbocycles. The topological polar surface area (TPSA) is 0 Å². The molecule has 0 heterocycles. The van der Waals surface area contributed by atoms with E-state index in [2.05, 4.69) is 137 Å². The Kier molecular flexibility index (Phi) is 4.81. The Labute approximate surface area is 203 Å². The molecule has 0 N–H and O–H groups in total. The molecular formula is C33H27B. The lowest BCUT2D eigenvalue weighted by Gasteiger charge is -2.29. The van der Waals surface area contributed by atoms with E-state index in [9.17, 15) is 0 Å². The fourth-order valence-electron chi connectivity index (χ4n) is 5.51. The summed E-state index contributed by atoms with van der Waals surface area (Å²) in [7, 11) is 2.19. The van der Waals surface area contributed by atoms with Gasteiger partial charge < -0.3 is 0 Å². The minimum Gasteiger partial charge on any atom is -0.0886 e. The van der Waals surface area contributed by atoms with E-state index in [1.54, 1.807) is 0 Å². The number of aryl methyl sites for hydroxylation is 1. The molecule has 1 unspecified atom stereocenters. The van der Waals surface area contributed by atoms with E-state index in [0.29, 0.717) is 0 Å². The van der Waals surface area contributed by atoms with Gasteiger partial charge in [0.15, 0.2) is 0 Å². The van der Waals surface area contributed by atoms with Crippen molar-refractivity contribution in [3.05, 3.63) is 138 Å². The lowest BCUT2D eigenvalue weighted by Crippen LogP contribution is -2.23. The third kappa shape index (κ3) is 3.23. The molecule has 0 fully saturated rings. The minimum absolute atomic E-state index is 0.176. The normalized spacial score (nSPS) is 16.2. The summed E-state index contributed by atoms with van der Waals surface area (Å²) in [6.07, 6.45) is 0. The van der Waals surface area contributed by atoms with Crippen molar-refractivity contribution in [1.29, 1.82) is 0 Å². The van der Waals surface area contributed by atoms with Crippen LogP contribution in [0.5, 0.6) is 0 Å². The molecule has 0 spiro atoms. The molecular weight excluding hydrogens is 407 g/mol. The van der Waals surface area contributed by atoms with Gasteiger partial charge in [-0.05, 0) is 70.0 Å². The van der Waals surface area contributed by atoms with E-state index in [4.69, 9.17) is 0 Å². The molecule has 34 heavy (non-hydrogen) atoms. The molecule has 162 valence electrons. The van der Waals surface area contributed by atoms with Crippen LogP contribution in [0.4, 0.5) is 0 Å². The third-order valence-corrected chi connectivity index (χ3v) is 7.52. The van der Waals surface area contributed by atoms with E-state index >= 15 is 0 Å². The Morgan fingerprint density at radius 3 is 1.74 bits per heavy atom. The molecule has 0 nitrogen and oxygen atoms in total. The standard InChI is InChI=1S/C33H27B/c1-22-8-15-27(16-9-22)33(2)31-20-26(14-18-29(31)30-19-17-28(34)21-32(30)33)25-12-10-24(11-13-25)23-6-4-3-5-7-23/h3-21H,34H2,1-2H3. The van der Waals surface area contributed by atoms with E-state index in [0.717, 1.165) is 0 Å². The number of benzene rings is 5. The Hall–Kier alpha value is -3.84. The molecule has 0 saturated carbocycles. The van der Waals surface area contributed by atoms with Crippen molar-refractivity contribution in [2.24, 2.45) is 0 Å². The summed E-state index contributed by atoms with van der Waals surface area (Å²) in [4.78, 5) is 0. The van der Waals surface area contributed by atoms with E-state index in [1.807, 2.05) is 0 Å². The van der Waals surface area contributed by atoms with E-state index in [1.165, 1.54) is 61.1 Å². The Morgan fingerprint density at radius 2 is 1.06 bits per heavy atom. The van der Waals surface area contributed by atoms with Crippen molar-refractivity contribution in [2.45, 2.75) is 19.3 Å². The summed E-state index contributed by atoms with van der Waals surface area (Å²) in [5.41, 5.74) is 14.3. The first kappa shape index (κ1) is 20.7. The van der Waals surface area contributed by atoms with Crippen LogP contribution in [-0.4, -0.2) is 7.85 Å². The summed E-state index contributed by atoms with van der Waals surface area (Å²) in [5, 5.41) is 0. The minimum atomic E-state index is -0.176. The van der Waals surface area contributed by atoms with Gasteiger partial charge in [-0.15, -0.1) is 0 Å².